The summed E-state index contributed by atoms with van der Waals surface area (Å²) < 4.78 is 13.1. The van der Waals surface area contributed by atoms with Crippen LogP contribution in [0.3, 0.4) is 0 Å². The van der Waals surface area contributed by atoms with Crippen LogP contribution in [0.1, 0.15) is 22.1 Å². The molecule has 0 fully saturated rings. The zero-order chi connectivity index (χ0) is 14.5. The zero-order valence-corrected chi connectivity index (χ0v) is 10.6. The molecule has 1 atom stereocenters. The summed E-state index contributed by atoms with van der Waals surface area (Å²) in [4.78, 5) is 12.0. The highest BCUT2D eigenvalue weighted by Gasteiger charge is 2.08. The molecule has 0 spiro atoms. The molecule has 2 rings (SSSR count). The van der Waals surface area contributed by atoms with Gasteiger partial charge >= 0.3 is 0 Å². The molecule has 1 amide bonds. The number of rotatable bonds is 4. The molecule has 0 saturated heterocycles. The number of carbonyl (C=O) groups excluding carboxylic acids is 1. The zero-order valence-electron chi connectivity index (χ0n) is 10.6. The number of hydrogen-bond donors (Lipinski definition) is 4. The first-order chi connectivity index (χ1) is 9.60. The van der Waals surface area contributed by atoms with Gasteiger partial charge in [-0.25, -0.2) is 9.82 Å². The lowest BCUT2D eigenvalue weighted by Gasteiger charge is -2.12. The number of anilines is 1. The van der Waals surface area contributed by atoms with Crippen LogP contribution < -0.4 is 22.3 Å². The lowest BCUT2D eigenvalue weighted by molar-refractivity contribution is 0.102. The Kier molecular flexibility index (Phi) is 4.41. The SMILES string of the molecule is NNC(N)c1cccc(NC(=O)c2cccc(F)c2)c1. The third-order valence-electron chi connectivity index (χ3n) is 2.77. The lowest BCUT2D eigenvalue weighted by Crippen LogP contribution is -2.34. The molecule has 0 radical (unpaired) electrons. The third-order valence-corrected chi connectivity index (χ3v) is 2.77. The summed E-state index contributed by atoms with van der Waals surface area (Å²) in [5, 5.41) is 2.68. The Morgan fingerprint density at radius 2 is 1.90 bits per heavy atom. The highest BCUT2D eigenvalue weighted by Crippen LogP contribution is 2.15. The fourth-order valence-electron chi connectivity index (χ4n) is 1.74. The Balaban J connectivity index is 2.16. The highest BCUT2D eigenvalue weighted by atomic mass is 19.1. The smallest absolute Gasteiger partial charge is 0.255 e. The van der Waals surface area contributed by atoms with E-state index in [0.29, 0.717) is 5.69 Å². The van der Waals surface area contributed by atoms with Crippen molar-refractivity contribution in [2.45, 2.75) is 6.17 Å². The van der Waals surface area contributed by atoms with Crippen LogP contribution in [0.2, 0.25) is 0 Å². The molecule has 20 heavy (non-hydrogen) atoms. The van der Waals surface area contributed by atoms with Crippen LogP contribution >= 0.6 is 0 Å². The number of nitrogens with two attached hydrogens (primary N) is 2. The quantitative estimate of drug-likeness (QED) is 0.386. The monoisotopic (exact) mass is 274 g/mol. The van der Waals surface area contributed by atoms with Gasteiger partial charge in [-0.05, 0) is 35.9 Å². The summed E-state index contributed by atoms with van der Waals surface area (Å²) in [5.74, 6) is 4.41. The molecule has 1 unspecified atom stereocenters. The molecule has 2 aromatic rings. The van der Waals surface area contributed by atoms with E-state index in [-0.39, 0.29) is 5.56 Å². The number of halogens is 1. The number of amides is 1. The Bertz CT molecular complexity index is 618. The molecule has 0 aromatic heterocycles. The summed E-state index contributed by atoms with van der Waals surface area (Å²) in [6, 6.07) is 12.4. The van der Waals surface area contributed by atoms with Crippen LogP contribution in [-0.4, -0.2) is 5.91 Å². The number of hydrazine groups is 1. The molecule has 5 nitrogen and oxygen atoms in total. The summed E-state index contributed by atoms with van der Waals surface area (Å²) in [5.41, 5.74) is 9.67. The predicted octanol–water partition coefficient (Wildman–Crippen LogP) is 1.50. The van der Waals surface area contributed by atoms with Crippen LogP contribution in [0.25, 0.3) is 0 Å². The minimum Gasteiger partial charge on any atom is -0.322 e. The number of benzene rings is 2. The second-order valence-corrected chi connectivity index (χ2v) is 4.23. The van der Waals surface area contributed by atoms with Crippen LogP contribution in [0, 0.1) is 5.82 Å². The second kappa shape index (κ2) is 6.25. The van der Waals surface area contributed by atoms with Crippen molar-refractivity contribution in [3.8, 4) is 0 Å². The van der Waals surface area contributed by atoms with Crippen molar-refractivity contribution in [2.24, 2.45) is 11.6 Å². The summed E-state index contributed by atoms with van der Waals surface area (Å²) >= 11 is 0. The van der Waals surface area contributed by atoms with E-state index in [1.54, 1.807) is 24.3 Å². The molecule has 0 saturated carbocycles. The first-order valence-electron chi connectivity index (χ1n) is 5.99. The van der Waals surface area contributed by atoms with Gasteiger partial charge in [0.15, 0.2) is 0 Å². The van der Waals surface area contributed by atoms with E-state index in [1.807, 2.05) is 0 Å². The van der Waals surface area contributed by atoms with E-state index in [9.17, 15) is 9.18 Å². The average Bonchev–Trinajstić information content (AvgIpc) is 2.46. The van der Waals surface area contributed by atoms with Crippen LogP contribution in [0.4, 0.5) is 10.1 Å². The number of carbonyl (C=O) groups is 1. The van der Waals surface area contributed by atoms with E-state index in [2.05, 4.69) is 10.7 Å². The van der Waals surface area contributed by atoms with Gasteiger partial charge in [0, 0.05) is 11.3 Å². The van der Waals surface area contributed by atoms with E-state index < -0.39 is 17.9 Å². The first kappa shape index (κ1) is 14.1. The van der Waals surface area contributed by atoms with Gasteiger partial charge in [-0.1, -0.05) is 18.2 Å². The van der Waals surface area contributed by atoms with Gasteiger partial charge in [0.2, 0.25) is 0 Å². The van der Waals surface area contributed by atoms with Crippen LogP contribution in [0.5, 0.6) is 0 Å². The summed E-state index contributed by atoms with van der Waals surface area (Å²) in [6.45, 7) is 0. The van der Waals surface area contributed by atoms with Gasteiger partial charge in [-0.15, -0.1) is 0 Å². The second-order valence-electron chi connectivity index (χ2n) is 4.23. The van der Waals surface area contributed by atoms with Crippen molar-refractivity contribution in [1.29, 1.82) is 0 Å². The van der Waals surface area contributed by atoms with Gasteiger partial charge in [-0.2, -0.15) is 0 Å². The average molecular weight is 274 g/mol. The summed E-state index contributed by atoms with van der Waals surface area (Å²) in [6.07, 6.45) is -0.527. The molecule has 0 bridgehead atoms. The largest absolute Gasteiger partial charge is 0.322 e. The molecule has 0 aliphatic carbocycles. The van der Waals surface area contributed by atoms with Crippen molar-refractivity contribution in [1.82, 2.24) is 5.43 Å². The van der Waals surface area contributed by atoms with Crippen LogP contribution in [-0.2, 0) is 0 Å². The maximum atomic E-state index is 13.1. The van der Waals surface area contributed by atoms with Crippen molar-refractivity contribution in [2.75, 3.05) is 5.32 Å². The normalized spacial score (nSPS) is 11.9. The fraction of sp³-hybridized carbons (Fsp3) is 0.0714. The van der Waals surface area contributed by atoms with E-state index in [1.165, 1.54) is 24.3 Å². The van der Waals surface area contributed by atoms with Crippen molar-refractivity contribution in [3.63, 3.8) is 0 Å². The van der Waals surface area contributed by atoms with Crippen molar-refractivity contribution < 1.29 is 9.18 Å². The van der Waals surface area contributed by atoms with Gasteiger partial charge in [0.05, 0.1) is 6.17 Å². The molecule has 2 aromatic carbocycles. The van der Waals surface area contributed by atoms with Gasteiger partial charge in [0.1, 0.15) is 5.82 Å². The van der Waals surface area contributed by atoms with E-state index in [0.717, 1.165) is 5.56 Å². The molecule has 104 valence electrons. The maximum Gasteiger partial charge on any atom is 0.255 e. The van der Waals surface area contributed by atoms with Gasteiger partial charge in [0.25, 0.3) is 5.91 Å². The fourth-order valence-corrected chi connectivity index (χ4v) is 1.74. The molecule has 0 aliphatic rings. The summed E-state index contributed by atoms with van der Waals surface area (Å²) in [7, 11) is 0. The molecule has 6 N–H and O–H groups in total. The van der Waals surface area contributed by atoms with Crippen molar-refractivity contribution in [3.05, 3.63) is 65.5 Å². The standard InChI is InChI=1S/C14H15FN4O/c15-11-5-1-4-10(7-11)14(20)18-12-6-2-3-9(8-12)13(16)19-17/h1-8,13,19H,16-17H2,(H,18,20). The molecular weight excluding hydrogens is 259 g/mol. The van der Waals surface area contributed by atoms with Crippen LogP contribution in [0.15, 0.2) is 48.5 Å². The topological polar surface area (TPSA) is 93.2 Å². The van der Waals surface area contributed by atoms with Gasteiger partial charge in [-0.3, -0.25) is 10.6 Å². The predicted molar refractivity (Wildman–Crippen MR) is 75.0 cm³/mol. The maximum absolute atomic E-state index is 13.1. The molecule has 0 aliphatic heterocycles. The Morgan fingerprint density at radius 3 is 2.60 bits per heavy atom. The minimum atomic E-state index is -0.527. The van der Waals surface area contributed by atoms with E-state index in [4.69, 9.17) is 11.6 Å². The Morgan fingerprint density at radius 1 is 1.15 bits per heavy atom. The third kappa shape index (κ3) is 3.39. The Hall–Kier alpha value is -2.28. The number of nitrogens with one attached hydrogen (secondary N) is 2. The lowest BCUT2D eigenvalue weighted by atomic mass is 10.1. The minimum absolute atomic E-state index is 0.247. The molecule has 6 heteroatoms. The molecule has 0 heterocycles. The highest BCUT2D eigenvalue weighted by molar-refractivity contribution is 6.04. The number of hydrogen-bond acceptors (Lipinski definition) is 4. The van der Waals surface area contributed by atoms with Crippen molar-refractivity contribution >= 4 is 11.6 Å². The van der Waals surface area contributed by atoms with E-state index >= 15 is 0 Å². The van der Waals surface area contributed by atoms with Gasteiger partial charge < -0.3 is 11.1 Å². The molecular formula is C14H15FN4O. The first-order valence-corrected chi connectivity index (χ1v) is 5.99. The Labute approximate surface area is 115 Å².